The molecule has 0 amide bonds. The molecule has 0 atom stereocenters. The summed E-state index contributed by atoms with van der Waals surface area (Å²) in [6.45, 7) is 0.0990. The quantitative estimate of drug-likeness (QED) is 0.790. The summed E-state index contributed by atoms with van der Waals surface area (Å²) in [5.41, 5.74) is 1.18. The highest BCUT2D eigenvalue weighted by molar-refractivity contribution is 6.30. The highest BCUT2D eigenvalue weighted by Crippen LogP contribution is 2.25. The summed E-state index contributed by atoms with van der Waals surface area (Å²) in [6, 6.07) is 11.8. The fraction of sp³-hybridized carbons (Fsp3) is 0.188. The smallest absolute Gasteiger partial charge is 0.338 e. The first kappa shape index (κ1) is 15.2. The maximum atomic E-state index is 11.9. The number of rotatable bonds is 5. The Labute approximate surface area is 128 Å². The maximum Gasteiger partial charge on any atom is 0.338 e. The summed E-state index contributed by atoms with van der Waals surface area (Å²) in [6.07, 6.45) is 0. The van der Waals surface area contributed by atoms with Gasteiger partial charge in [0.1, 0.15) is 18.1 Å². The first-order valence-electron chi connectivity index (χ1n) is 6.27. The van der Waals surface area contributed by atoms with Crippen LogP contribution in [0.4, 0.5) is 0 Å². The molecule has 0 unspecified atom stereocenters. The van der Waals surface area contributed by atoms with Crippen molar-refractivity contribution in [3.8, 4) is 11.5 Å². The predicted molar refractivity (Wildman–Crippen MR) is 80.1 cm³/mol. The number of methoxy groups -OCH3 is 2. The van der Waals surface area contributed by atoms with Crippen molar-refractivity contribution < 1.29 is 19.0 Å². The van der Waals surface area contributed by atoms with Crippen molar-refractivity contribution >= 4 is 17.6 Å². The average Bonchev–Trinajstić information content (AvgIpc) is 2.52. The van der Waals surface area contributed by atoms with Crippen molar-refractivity contribution in [1.82, 2.24) is 0 Å². The number of esters is 1. The van der Waals surface area contributed by atoms with Gasteiger partial charge < -0.3 is 14.2 Å². The van der Waals surface area contributed by atoms with Gasteiger partial charge in [-0.15, -0.1) is 0 Å². The molecule has 2 aromatic carbocycles. The minimum atomic E-state index is -0.420. The molecule has 0 radical (unpaired) electrons. The molecule has 21 heavy (non-hydrogen) atoms. The zero-order valence-corrected chi connectivity index (χ0v) is 12.5. The van der Waals surface area contributed by atoms with Crippen LogP contribution in [0, 0.1) is 0 Å². The van der Waals surface area contributed by atoms with E-state index in [9.17, 15) is 4.79 Å². The first-order valence-corrected chi connectivity index (χ1v) is 6.65. The number of ether oxygens (including phenoxy) is 3. The molecule has 0 aliphatic heterocycles. The molecule has 0 aliphatic carbocycles. The number of benzene rings is 2. The second-order valence-corrected chi connectivity index (χ2v) is 4.70. The monoisotopic (exact) mass is 306 g/mol. The normalized spacial score (nSPS) is 10.0. The lowest BCUT2D eigenvalue weighted by Gasteiger charge is -2.11. The van der Waals surface area contributed by atoms with E-state index in [0.29, 0.717) is 22.1 Å². The van der Waals surface area contributed by atoms with Crippen molar-refractivity contribution in [3.05, 3.63) is 58.6 Å². The molecule has 0 bridgehead atoms. The van der Waals surface area contributed by atoms with E-state index in [0.717, 1.165) is 5.56 Å². The van der Waals surface area contributed by atoms with Crippen molar-refractivity contribution in [2.75, 3.05) is 14.2 Å². The predicted octanol–water partition coefficient (Wildman–Crippen LogP) is 3.71. The summed E-state index contributed by atoms with van der Waals surface area (Å²) >= 11 is 5.78. The van der Waals surface area contributed by atoms with Crippen LogP contribution in [0.15, 0.2) is 42.5 Å². The van der Waals surface area contributed by atoms with Crippen LogP contribution in [0.5, 0.6) is 11.5 Å². The summed E-state index contributed by atoms with van der Waals surface area (Å²) < 4.78 is 15.7. The van der Waals surface area contributed by atoms with E-state index in [1.165, 1.54) is 0 Å². The van der Waals surface area contributed by atoms with Gasteiger partial charge in [0.2, 0.25) is 0 Å². The number of carbonyl (C=O) groups is 1. The Bertz CT molecular complexity index is 623. The molecular weight excluding hydrogens is 292 g/mol. The van der Waals surface area contributed by atoms with Gasteiger partial charge in [-0.3, -0.25) is 0 Å². The maximum absolute atomic E-state index is 11.9. The molecule has 0 spiro atoms. The summed E-state index contributed by atoms with van der Waals surface area (Å²) in [7, 11) is 3.14. The van der Waals surface area contributed by atoms with Gasteiger partial charge in [0.15, 0.2) is 0 Å². The van der Waals surface area contributed by atoms with Crippen LogP contribution < -0.4 is 9.47 Å². The Kier molecular flexibility index (Phi) is 5.06. The topological polar surface area (TPSA) is 44.8 Å². The van der Waals surface area contributed by atoms with E-state index >= 15 is 0 Å². The molecule has 4 nitrogen and oxygen atoms in total. The standard InChI is InChI=1S/C16H15ClO4/c1-19-14-7-8-15(20-2)12(9-14)10-21-16(18)11-3-5-13(17)6-4-11/h3-9H,10H2,1-2H3. The van der Waals surface area contributed by atoms with Crippen LogP contribution in [-0.4, -0.2) is 20.2 Å². The Balaban J connectivity index is 2.08. The molecule has 0 heterocycles. The van der Waals surface area contributed by atoms with Gasteiger partial charge in [-0.1, -0.05) is 11.6 Å². The molecule has 0 N–H and O–H groups in total. The lowest BCUT2D eigenvalue weighted by molar-refractivity contribution is 0.0470. The number of hydrogen-bond donors (Lipinski definition) is 0. The minimum Gasteiger partial charge on any atom is -0.497 e. The van der Waals surface area contributed by atoms with Gasteiger partial charge in [-0.25, -0.2) is 4.79 Å². The zero-order valence-electron chi connectivity index (χ0n) is 11.8. The fourth-order valence-corrected chi connectivity index (χ4v) is 1.93. The number of hydrogen-bond acceptors (Lipinski definition) is 4. The van der Waals surface area contributed by atoms with Gasteiger partial charge in [0, 0.05) is 10.6 Å². The molecule has 2 aromatic rings. The van der Waals surface area contributed by atoms with Crippen LogP contribution >= 0.6 is 11.6 Å². The van der Waals surface area contributed by atoms with Crippen LogP contribution in [0.1, 0.15) is 15.9 Å². The molecule has 0 fully saturated rings. The van der Waals surface area contributed by atoms with Gasteiger partial charge in [-0.2, -0.15) is 0 Å². The van der Waals surface area contributed by atoms with E-state index in [4.69, 9.17) is 25.8 Å². The molecule has 0 saturated heterocycles. The third-order valence-electron chi connectivity index (χ3n) is 2.93. The molecule has 110 valence electrons. The molecular formula is C16H15ClO4. The summed E-state index contributed by atoms with van der Waals surface area (Å²) in [4.78, 5) is 11.9. The Morgan fingerprint density at radius 1 is 1.05 bits per heavy atom. The van der Waals surface area contributed by atoms with Crippen molar-refractivity contribution in [3.63, 3.8) is 0 Å². The van der Waals surface area contributed by atoms with E-state index < -0.39 is 5.97 Å². The van der Waals surface area contributed by atoms with Crippen LogP contribution in [0.25, 0.3) is 0 Å². The molecule has 2 rings (SSSR count). The van der Waals surface area contributed by atoms with Gasteiger partial charge >= 0.3 is 5.97 Å². The van der Waals surface area contributed by atoms with E-state index in [1.807, 2.05) is 0 Å². The Morgan fingerprint density at radius 3 is 2.38 bits per heavy atom. The lowest BCUT2D eigenvalue weighted by atomic mass is 10.2. The SMILES string of the molecule is COc1ccc(OC)c(COC(=O)c2ccc(Cl)cc2)c1. The van der Waals surface area contributed by atoms with E-state index in [2.05, 4.69) is 0 Å². The van der Waals surface area contributed by atoms with Gasteiger partial charge in [0.25, 0.3) is 0 Å². The van der Waals surface area contributed by atoms with E-state index in [1.54, 1.807) is 56.7 Å². The van der Waals surface area contributed by atoms with Crippen LogP contribution in [-0.2, 0) is 11.3 Å². The first-order chi connectivity index (χ1) is 10.1. The van der Waals surface area contributed by atoms with E-state index in [-0.39, 0.29) is 6.61 Å². The van der Waals surface area contributed by atoms with Crippen molar-refractivity contribution in [2.45, 2.75) is 6.61 Å². The highest BCUT2D eigenvalue weighted by atomic mass is 35.5. The molecule has 0 saturated carbocycles. The Hall–Kier alpha value is -2.20. The Morgan fingerprint density at radius 2 is 1.76 bits per heavy atom. The summed E-state index contributed by atoms with van der Waals surface area (Å²) in [5.74, 6) is 0.893. The van der Waals surface area contributed by atoms with Gasteiger partial charge in [-0.05, 0) is 42.5 Å². The second-order valence-electron chi connectivity index (χ2n) is 4.26. The molecule has 0 aromatic heterocycles. The highest BCUT2D eigenvalue weighted by Gasteiger charge is 2.10. The van der Waals surface area contributed by atoms with Gasteiger partial charge in [0.05, 0.1) is 19.8 Å². The second kappa shape index (κ2) is 6.99. The zero-order chi connectivity index (χ0) is 15.2. The molecule has 5 heteroatoms. The van der Waals surface area contributed by atoms with Crippen LogP contribution in [0.2, 0.25) is 5.02 Å². The van der Waals surface area contributed by atoms with Crippen molar-refractivity contribution in [1.29, 1.82) is 0 Å². The molecule has 0 aliphatic rings. The number of carbonyl (C=O) groups excluding carboxylic acids is 1. The average molecular weight is 307 g/mol. The van der Waals surface area contributed by atoms with Crippen molar-refractivity contribution in [2.24, 2.45) is 0 Å². The minimum absolute atomic E-state index is 0.0990. The summed E-state index contributed by atoms with van der Waals surface area (Å²) in [5, 5.41) is 0.570. The lowest BCUT2D eigenvalue weighted by Crippen LogP contribution is -2.06. The van der Waals surface area contributed by atoms with Crippen LogP contribution in [0.3, 0.4) is 0 Å². The third-order valence-corrected chi connectivity index (χ3v) is 3.18. The number of halogens is 1. The third kappa shape index (κ3) is 3.89. The largest absolute Gasteiger partial charge is 0.497 e. The fourth-order valence-electron chi connectivity index (χ4n) is 1.81.